The first-order valence-corrected chi connectivity index (χ1v) is 11.6. The Labute approximate surface area is 200 Å². The van der Waals surface area contributed by atoms with Gasteiger partial charge < -0.3 is 24.4 Å². The van der Waals surface area contributed by atoms with Crippen LogP contribution in [0.2, 0.25) is 0 Å². The zero-order chi connectivity index (χ0) is 24.2. The molecule has 1 aliphatic heterocycles. The second-order valence-corrected chi connectivity index (χ2v) is 8.32. The fraction of sp³-hybridized carbons (Fsp3) is 0.565. The molecule has 9 nitrogen and oxygen atoms in total. The van der Waals surface area contributed by atoms with Crippen molar-refractivity contribution in [2.24, 2.45) is 5.92 Å². The molecule has 182 valence electrons. The Bertz CT molecular complexity index is 815. The number of nitrogens with zero attached hydrogens (tertiary/aromatic N) is 1. The summed E-state index contributed by atoms with van der Waals surface area (Å²) < 4.78 is 15.9. The molecular formula is C23H33N3O6S. The van der Waals surface area contributed by atoms with Crippen LogP contribution in [0.15, 0.2) is 24.3 Å². The highest BCUT2D eigenvalue weighted by Gasteiger charge is 2.34. The van der Waals surface area contributed by atoms with Gasteiger partial charge in [-0.3, -0.25) is 19.7 Å². The van der Waals surface area contributed by atoms with Gasteiger partial charge in [0.25, 0.3) is 5.91 Å². The van der Waals surface area contributed by atoms with E-state index in [0.29, 0.717) is 50.1 Å². The van der Waals surface area contributed by atoms with Crippen LogP contribution in [0.25, 0.3) is 0 Å². The monoisotopic (exact) mass is 479 g/mol. The van der Waals surface area contributed by atoms with Crippen LogP contribution < -0.4 is 15.4 Å². The number of amides is 2. The molecular weight excluding hydrogens is 446 g/mol. The molecule has 0 aliphatic carbocycles. The van der Waals surface area contributed by atoms with E-state index >= 15 is 0 Å². The molecule has 1 atom stereocenters. The highest BCUT2D eigenvalue weighted by molar-refractivity contribution is 7.80. The lowest BCUT2D eigenvalue weighted by Crippen LogP contribution is -2.60. The average Bonchev–Trinajstić information content (AvgIpc) is 2.78. The molecule has 0 spiro atoms. The number of hydrogen-bond donors (Lipinski definition) is 2. The third-order valence-electron chi connectivity index (χ3n) is 4.95. The van der Waals surface area contributed by atoms with Crippen LogP contribution in [0.4, 0.5) is 0 Å². The summed E-state index contributed by atoms with van der Waals surface area (Å²) in [6.07, 6.45) is 0.761. The number of esters is 1. The molecule has 2 rings (SSSR count). The average molecular weight is 480 g/mol. The molecule has 1 fully saturated rings. The molecule has 0 bridgehead atoms. The van der Waals surface area contributed by atoms with E-state index in [2.05, 4.69) is 24.5 Å². The molecule has 2 N–H and O–H groups in total. The Morgan fingerprint density at radius 1 is 1.21 bits per heavy atom. The molecule has 1 heterocycles. The fourth-order valence-electron chi connectivity index (χ4n) is 3.09. The Morgan fingerprint density at radius 2 is 1.94 bits per heavy atom. The second kappa shape index (κ2) is 13.7. The van der Waals surface area contributed by atoms with Crippen LogP contribution in [0.5, 0.6) is 5.75 Å². The molecule has 1 aromatic carbocycles. The molecule has 0 saturated carbocycles. The zero-order valence-electron chi connectivity index (χ0n) is 19.4. The molecule has 33 heavy (non-hydrogen) atoms. The summed E-state index contributed by atoms with van der Waals surface area (Å²) in [4.78, 5) is 38.7. The van der Waals surface area contributed by atoms with E-state index in [0.717, 1.165) is 6.42 Å². The zero-order valence-corrected chi connectivity index (χ0v) is 20.2. The van der Waals surface area contributed by atoms with Gasteiger partial charge in [-0.25, -0.2) is 0 Å². The number of carbonyl (C=O) groups excluding carboxylic acids is 3. The first-order valence-electron chi connectivity index (χ1n) is 11.2. The number of hydrogen-bond acceptors (Lipinski definition) is 7. The van der Waals surface area contributed by atoms with E-state index in [4.69, 9.17) is 26.4 Å². The standard InChI is InChI=1S/C23H33N3O6S/c1-4-30-13-14-32-20(27)15-19-22(29)24-10-11-26(19)23(33)25-21(28)17-5-7-18(8-6-17)31-12-9-16(2)3/h5-8,16,19H,4,9-15H2,1-3H3,(H,24,29)(H,25,28,33). The van der Waals surface area contributed by atoms with Gasteiger partial charge in [-0.05, 0) is 55.7 Å². The van der Waals surface area contributed by atoms with Gasteiger partial charge in [0, 0.05) is 25.3 Å². The third kappa shape index (κ3) is 8.97. The fourth-order valence-corrected chi connectivity index (χ4v) is 3.40. The molecule has 1 aliphatic rings. The lowest BCUT2D eigenvalue weighted by Gasteiger charge is -2.36. The topological polar surface area (TPSA) is 106 Å². The molecule has 1 aromatic rings. The van der Waals surface area contributed by atoms with Gasteiger partial charge in [0.1, 0.15) is 18.4 Å². The quantitative estimate of drug-likeness (QED) is 0.282. The van der Waals surface area contributed by atoms with Crippen LogP contribution in [-0.2, 0) is 19.1 Å². The van der Waals surface area contributed by atoms with Crippen molar-refractivity contribution in [2.45, 2.75) is 39.7 Å². The van der Waals surface area contributed by atoms with Gasteiger partial charge in [-0.2, -0.15) is 0 Å². The maximum atomic E-state index is 12.7. The minimum Gasteiger partial charge on any atom is -0.494 e. The summed E-state index contributed by atoms with van der Waals surface area (Å²) >= 11 is 5.38. The molecule has 10 heteroatoms. The van der Waals surface area contributed by atoms with Crippen LogP contribution in [0.3, 0.4) is 0 Å². The predicted octanol–water partition coefficient (Wildman–Crippen LogP) is 1.90. The first kappa shape index (κ1) is 26.5. The number of rotatable bonds is 11. The van der Waals surface area contributed by atoms with Crippen molar-refractivity contribution in [2.75, 3.05) is 39.5 Å². The van der Waals surface area contributed by atoms with E-state index in [-0.39, 0.29) is 24.0 Å². The van der Waals surface area contributed by atoms with Crippen molar-refractivity contribution in [1.82, 2.24) is 15.5 Å². The number of thiocarbonyl (C=S) groups is 1. The van der Waals surface area contributed by atoms with Crippen LogP contribution in [-0.4, -0.2) is 73.4 Å². The van der Waals surface area contributed by atoms with Crippen molar-refractivity contribution in [3.8, 4) is 5.75 Å². The molecule has 1 saturated heterocycles. The number of piperazine rings is 1. The number of nitrogens with one attached hydrogen (secondary N) is 2. The van der Waals surface area contributed by atoms with Crippen LogP contribution in [0.1, 0.15) is 44.0 Å². The molecule has 2 amide bonds. The Balaban J connectivity index is 1.92. The van der Waals surface area contributed by atoms with Crippen LogP contribution in [0, 0.1) is 5.92 Å². The predicted molar refractivity (Wildman–Crippen MR) is 127 cm³/mol. The lowest BCUT2D eigenvalue weighted by molar-refractivity contribution is -0.148. The summed E-state index contributed by atoms with van der Waals surface area (Å²) in [5.41, 5.74) is 0.405. The third-order valence-corrected chi connectivity index (χ3v) is 5.28. The maximum absolute atomic E-state index is 12.7. The number of carbonyl (C=O) groups is 3. The summed E-state index contributed by atoms with van der Waals surface area (Å²) in [6.45, 7) is 8.36. The van der Waals surface area contributed by atoms with Gasteiger partial charge >= 0.3 is 5.97 Å². The van der Waals surface area contributed by atoms with Gasteiger partial charge in [0.2, 0.25) is 5.91 Å². The van der Waals surface area contributed by atoms with E-state index in [1.54, 1.807) is 29.2 Å². The van der Waals surface area contributed by atoms with Crippen LogP contribution >= 0.6 is 12.2 Å². The van der Waals surface area contributed by atoms with Gasteiger partial charge in [0.05, 0.1) is 19.6 Å². The van der Waals surface area contributed by atoms with Crippen molar-refractivity contribution in [3.05, 3.63) is 29.8 Å². The maximum Gasteiger partial charge on any atom is 0.308 e. The van der Waals surface area contributed by atoms with E-state index in [1.807, 2.05) is 6.92 Å². The Hall–Kier alpha value is -2.72. The van der Waals surface area contributed by atoms with Crippen molar-refractivity contribution >= 4 is 35.1 Å². The second-order valence-electron chi connectivity index (χ2n) is 7.94. The summed E-state index contributed by atoms with van der Waals surface area (Å²) in [7, 11) is 0. The molecule has 0 aromatic heterocycles. The largest absolute Gasteiger partial charge is 0.494 e. The normalized spacial score (nSPS) is 15.7. The van der Waals surface area contributed by atoms with E-state index in [9.17, 15) is 14.4 Å². The van der Waals surface area contributed by atoms with Crippen molar-refractivity contribution in [3.63, 3.8) is 0 Å². The SMILES string of the molecule is CCOCCOC(=O)CC1C(=O)NCCN1C(=S)NC(=O)c1ccc(OCCC(C)C)cc1. The number of benzene rings is 1. The van der Waals surface area contributed by atoms with Gasteiger partial charge in [-0.15, -0.1) is 0 Å². The lowest BCUT2D eigenvalue weighted by atomic mass is 10.1. The highest BCUT2D eigenvalue weighted by atomic mass is 32.1. The molecule has 1 unspecified atom stereocenters. The highest BCUT2D eigenvalue weighted by Crippen LogP contribution is 2.15. The first-order chi connectivity index (χ1) is 15.8. The minimum atomic E-state index is -0.858. The minimum absolute atomic E-state index is 0.0826. The van der Waals surface area contributed by atoms with Gasteiger partial charge in [0.15, 0.2) is 5.11 Å². The summed E-state index contributed by atoms with van der Waals surface area (Å²) in [5.74, 6) is -0.0525. The van der Waals surface area contributed by atoms with Gasteiger partial charge in [-0.1, -0.05) is 13.8 Å². The number of ether oxygens (including phenoxy) is 3. The Kier molecular flexibility index (Phi) is 11.0. The summed E-state index contributed by atoms with van der Waals surface area (Å²) in [6, 6.07) is 5.90. The molecule has 0 radical (unpaired) electrons. The summed E-state index contributed by atoms with van der Waals surface area (Å²) in [5, 5.41) is 5.45. The smallest absolute Gasteiger partial charge is 0.308 e. The van der Waals surface area contributed by atoms with Crippen molar-refractivity contribution in [1.29, 1.82) is 0 Å². The van der Waals surface area contributed by atoms with E-state index < -0.39 is 17.9 Å². The van der Waals surface area contributed by atoms with E-state index in [1.165, 1.54) is 0 Å². The Morgan fingerprint density at radius 3 is 2.61 bits per heavy atom. The van der Waals surface area contributed by atoms with Crippen molar-refractivity contribution < 1.29 is 28.6 Å².